The summed E-state index contributed by atoms with van der Waals surface area (Å²) in [5.41, 5.74) is -0.624. The highest BCUT2D eigenvalue weighted by Gasteiger charge is 2.19. The Bertz CT molecular complexity index is 994. The Morgan fingerprint density at radius 2 is 1.85 bits per heavy atom. The van der Waals surface area contributed by atoms with Crippen LogP contribution in [0, 0.1) is 11.6 Å². The molecule has 0 fully saturated rings. The van der Waals surface area contributed by atoms with Crippen molar-refractivity contribution in [1.29, 1.82) is 0 Å². The first kappa shape index (κ1) is 20.3. The lowest BCUT2D eigenvalue weighted by atomic mass is 10.2. The fourth-order valence-corrected chi connectivity index (χ4v) is 2.74. The summed E-state index contributed by atoms with van der Waals surface area (Å²) in [5, 5.41) is 7.09. The summed E-state index contributed by atoms with van der Waals surface area (Å²) in [6.07, 6.45) is 0. The summed E-state index contributed by atoms with van der Waals surface area (Å²) >= 11 is 0. The lowest BCUT2D eigenvalue weighted by molar-refractivity contribution is -0.119. The first-order valence-corrected chi connectivity index (χ1v) is 8.79. The molecular formula is C16H14F2N2O6S. The predicted octanol–water partition coefficient (Wildman–Crippen LogP) is 1.42. The van der Waals surface area contributed by atoms with Crippen molar-refractivity contribution in [2.45, 2.75) is 4.90 Å². The van der Waals surface area contributed by atoms with Crippen molar-refractivity contribution in [2.75, 3.05) is 19.0 Å². The first-order valence-electron chi connectivity index (χ1n) is 7.24. The largest absolute Gasteiger partial charge is 0.495 e. The molecule has 0 spiro atoms. The zero-order valence-corrected chi connectivity index (χ0v) is 14.7. The Balaban J connectivity index is 2.07. The number of amides is 1. The van der Waals surface area contributed by atoms with Gasteiger partial charge in [-0.05, 0) is 30.3 Å². The van der Waals surface area contributed by atoms with Crippen molar-refractivity contribution in [3.8, 4) is 5.75 Å². The fourth-order valence-electron chi connectivity index (χ4n) is 2.02. The molecule has 11 heteroatoms. The molecule has 0 radical (unpaired) electrons. The SMILES string of the molecule is COc1ccc(C(=O)OCC(=O)Nc2cc(F)ccc2F)cc1S(N)(=O)=O. The predicted molar refractivity (Wildman–Crippen MR) is 89.6 cm³/mol. The molecular weight excluding hydrogens is 386 g/mol. The van der Waals surface area contributed by atoms with Gasteiger partial charge in [-0.1, -0.05) is 0 Å². The van der Waals surface area contributed by atoms with Crippen LogP contribution in [-0.4, -0.2) is 34.0 Å². The van der Waals surface area contributed by atoms with Gasteiger partial charge in [0.25, 0.3) is 5.91 Å². The molecule has 1 amide bonds. The molecule has 0 saturated heterocycles. The highest BCUT2D eigenvalue weighted by atomic mass is 32.2. The van der Waals surface area contributed by atoms with Crippen molar-refractivity contribution < 1.29 is 36.3 Å². The number of hydrogen-bond acceptors (Lipinski definition) is 6. The maximum Gasteiger partial charge on any atom is 0.338 e. The number of rotatable bonds is 6. The van der Waals surface area contributed by atoms with E-state index in [9.17, 15) is 26.8 Å². The number of benzene rings is 2. The van der Waals surface area contributed by atoms with Gasteiger partial charge < -0.3 is 14.8 Å². The van der Waals surface area contributed by atoms with E-state index >= 15 is 0 Å². The van der Waals surface area contributed by atoms with Crippen LogP contribution in [0.4, 0.5) is 14.5 Å². The van der Waals surface area contributed by atoms with E-state index in [2.05, 4.69) is 0 Å². The van der Waals surface area contributed by atoms with E-state index in [1.165, 1.54) is 19.2 Å². The Kier molecular flexibility index (Phi) is 6.08. The average molecular weight is 400 g/mol. The van der Waals surface area contributed by atoms with Crippen LogP contribution in [0.25, 0.3) is 0 Å². The smallest absolute Gasteiger partial charge is 0.338 e. The van der Waals surface area contributed by atoms with Gasteiger partial charge in [0.1, 0.15) is 22.3 Å². The lowest BCUT2D eigenvalue weighted by Gasteiger charge is -2.10. The number of ether oxygens (including phenoxy) is 2. The number of nitrogens with two attached hydrogens (primary N) is 1. The molecule has 144 valence electrons. The summed E-state index contributed by atoms with van der Waals surface area (Å²) in [5.74, 6) is -3.67. The molecule has 0 atom stereocenters. The number of anilines is 1. The number of nitrogens with one attached hydrogen (secondary N) is 1. The third-order valence-electron chi connectivity index (χ3n) is 3.24. The first-order chi connectivity index (χ1) is 12.6. The Morgan fingerprint density at radius 3 is 2.48 bits per heavy atom. The van der Waals surface area contributed by atoms with E-state index in [4.69, 9.17) is 14.6 Å². The van der Waals surface area contributed by atoms with Gasteiger partial charge in [-0.3, -0.25) is 4.79 Å². The van der Waals surface area contributed by atoms with Crippen LogP contribution in [0.5, 0.6) is 5.75 Å². The van der Waals surface area contributed by atoms with Crippen molar-refractivity contribution >= 4 is 27.6 Å². The van der Waals surface area contributed by atoms with Crippen LogP contribution >= 0.6 is 0 Å². The fraction of sp³-hybridized carbons (Fsp3) is 0.125. The van der Waals surface area contributed by atoms with E-state index in [1.54, 1.807) is 0 Å². The van der Waals surface area contributed by atoms with Crippen molar-refractivity contribution in [2.24, 2.45) is 5.14 Å². The van der Waals surface area contributed by atoms with Crippen molar-refractivity contribution in [3.63, 3.8) is 0 Å². The van der Waals surface area contributed by atoms with Crippen LogP contribution < -0.4 is 15.2 Å². The molecule has 2 aromatic rings. The number of hydrogen-bond donors (Lipinski definition) is 2. The second-order valence-electron chi connectivity index (χ2n) is 5.16. The normalized spacial score (nSPS) is 11.0. The van der Waals surface area contributed by atoms with Crippen LogP contribution in [0.1, 0.15) is 10.4 Å². The zero-order chi connectivity index (χ0) is 20.2. The number of halogens is 2. The second-order valence-corrected chi connectivity index (χ2v) is 6.69. The number of carbonyl (C=O) groups is 2. The van der Waals surface area contributed by atoms with E-state index in [0.717, 1.165) is 24.3 Å². The average Bonchev–Trinajstić information content (AvgIpc) is 2.61. The van der Waals surface area contributed by atoms with Gasteiger partial charge in [-0.25, -0.2) is 27.1 Å². The molecule has 8 nitrogen and oxygen atoms in total. The standard InChI is InChI=1S/C16H14F2N2O6S/c1-25-13-5-2-9(6-14(13)27(19,23)24)16(22)26-8-15(21)20-12-7-10(17)3-4-11(12)18/h2-7H,8H2,1H3,(H,20,21)(H2,19,23,24). The molecule has 3 N–H and O–H groups in total. The monoisotopic (exact) mass is 400 g/mol. The van der Waals surface area contributed by atoms with E-state index in [1.807, 2.05) is 5.32 Å². The van der Waals surface area contributed by atoms with Crippen LogP contribution in [0.2, 0.25) is 0 Å². The third kappa shape index (κ3) is 5.21. The highest BCUT2D eigenvalue weighted by Crippen LogP contribution is 2.24. The Labute approximate surface area is 152 Å². The van der Waals surface area contributed by atoms with Crippen LogP contribution in [0.3, 0.4) is 0 Å². The molecule has 0 saturated carbocycles. The van der Waals surface area contributed by atoms with E-state index in [0.29, 0.717) is 0 Å². The van der Waals surface area contributed by atoms with Crippen molar-refractivity contribution in [1.82, 2.24) is 0 Å². The van der Waals surface area contributed by atoms with Crippen molar-refractivity contribution in [3.05, 3.63) is 53.6 Å². The van der Waals surface area contributed by atoms with Gasteiger partial charge in [0.2, 0.25) is 10.0 Å². The van der Waals surface area contributed by atoms with Gasteiger partial charge >= 0.3 is 5.97 Å². The van der Waals surface area contributed by atoms with Gasteiger partial charge in [0.15, 0.2) is 6.61 Å². The minimum Gasteiger partial charge on any atom is -0.495 e. The number of esters is 1. The number of sulfonamides is 1. The quantitative estimate of drug-likeness (QED) is 0.707. The zero-order valence-electron chi connectivity index (χ0n) is 13.9. The molecule has 0 aliphatic carbocycles. The lowest BCUT2D eigenvalue weighted by Crippen LogP contribution is -2.22. The molecule has 27 heavy (non-hydrogen) atoms. The summed E-state index contributed by atoms with van der Waals surface area (Å²) in [6.45, 7) is -0.814. The number of carbonyl (C=O) groups excluding carboxylic acids is 2. The van der Waals surface area contributed by atoms with E-state index < -0.39 is 50.7 Å². The molecule has 0 aliphatic heterocycles. The van der Waals surface area contributed by atoms with Gasteiger partial charge in [-0.2, -0.15) is 0 Å². The third-order valence-corrected chi connectivity index (χ3v) is 4.17. The minimum atomic E-state index is -4.17. The maximum atomic E-state index is 13.5. The molecule has 0 bridgehead atoms. The highest BCUT2D eigenvalue weighted by molar-refractivity contribution is 7.89. The van der Waals surface area contributed by atoms with Gasteiger partial charge in [-0.15, -0.1) is 0 Å². The molecule has 2 aromatic carbocycles. The minimum absolute atomic E-state index is 0.0756. The van der Waals surface area contributed by atoms with Crippen LogP contribution in [0.15, 0.2) is 41.3 Å². The molecule has 2 rings (SSSR count). The Hall–Kier alpha value is -3.05. The van der Waals surface area contributed by atoms with Gasteiger partial charge in [0.05, 0.1) is 18.4 Å². The number of primary sulfonamides is 1. The molecule has 0 unspecified atom stereocenters. The summed E-state index contributed by atoms with van der Waals surface area (Å²) in [4.78, 5) is 23.3. The van der Waals surface area contributed by atoms with E-state index in [-0.39, 0.29) is 11.3 Å². The maximum absolute atomic E-state index is 13.5. The Morgan fingerprint density at radius 1 is 1.15 bits per heavy atom. The van der Waals surface area contributed by atoms with Gasteiger partial charge in [0, 0.05) is 6.07 Å². The topological polar surface area (TPSA) is 125 Å². The molecule has 0 aliphatic rings. The molecule has 0 aromatic heterocycles. The summed E-state index contributed by atoms with van der Waals surface area (Å²) < 4.78 is 59.2. The number of methoxy groups -OCH3 is 1. The summed E-state index contributed by atoms with van der Waals surface area (Å²) in [7, 11) is -2.95. The summed E-state index contributed by atoms with van der Waals surface area (Å²) in [6, 6.07) is 5.79. The van der Waals surface area contributed by atoms with Crippen LogP contribution in [-0.2, 0) is 19.6 Å². The second kappa shape index (κ2) is 8.10. The molecule has 0 heterocycles.